The standard InChI is InChI=1S/C16H19BrClFN2/c1-10(11-5-3-2-4-6-11)21-15-7-12(17)13(19)8-14(15)20-16(21)9-18/h7-8,10-11H,2-6,9H2,1H3. The number of aromatic nitrogens is 2. The van der Waals surface area contributed by atoms with Crippen molar-refractivity contribution in [2.45, 2.75) is 50.9 Å². The third-order valence-corrected chi connectivity index (χ3v) is 5.51. The van der Waals surface area contributed by atoms with Crippen LogP contribution < -0.4 is 0 Å². The minimum atomic E-state index is -0.279. The minimum absolute atomic E-state index is 0.279. The summed E-state index contributed by atoms with van der Waals surface area (Å²) in [7, 11) is 0. The molecule has 1 aliphatic carbocycles. The average Bonchev–Trinajstić information content (AvgIpc) is 2.85. The molecule has 2 nitrogen and oxygen atoms in total. The highest BCUT2D eigenvalue weighted by Gasteiger charge is 2.25. The second-order valence-electron chi connectivity index (χ2n) is 5.93. The van der Waals surface area contributed by atoms with Gasteiger partial charge in [-0.15, -0.1) is 11.6 Å². The fraction of sp³-hybridized carbons (Fsp3) is 0.562. The molecule has 0 amide bonds. The Kier molecular flexibility index (Phi) is 4.55. The van der Waals surface area contributed by atoms with E-state index in [1.165, 1.54) is 38.2 Å². The van der Waals surface area contributed by atoms with E-state index in [4.69, 9.17) is 11.6 Å². The maximum Gasteiger partial charge on any atom is 0.139 e. The predicted octanol–water partition coefficient (Wildman–Crippen LogP) is 5.82. The summed E-state index contributed by atoms with van der Waals surface area (Å²) in [6, 6.07) is 3.66. The lowest BCUT2D eigenvalue weighted by Gasteiger charge is -2.30. The number of rotatable bonds is 3. The summed E-state index contributed by atoms with van der Waals surface area (Å²) in [5, 5.41) is 0. The predicted molar refractivity (Wildman–Crippen MR) is 88.2 cm³/mol. The molecule has 0 bridgehead atoms. The number of fused-ring (bicyclic) bond motifs is 1. The number of hydrogen-bond donors (Lipinski definition) is 0. The van der Waals surface area contributed by atoms with Gasteiger partial charge in [-0.25, -0.2) is 9.37 Å². The van der Waals surface area contributed by atoms with E-state index < -0.39 is 0 Å². The molecule has 0 spiro atoms. The average molecular weight is 374 g/mol. The molecule has 1 heterocycles. The third kappa shape index (κ3) is 2.85. The third-order valence-electron chi connectivity index (χ3n) is 4.66. The Labute approximate surface area is 137 Å². The smallest absolute Gasteiger partial charge is 0.139 e. The Morgan fingerprint density at radius 3 is 2.76 bits per heavy atom. The van der Waals surface area contributed by atoms with Crippen molar-refractivity contribution in [2.75, 3.05) is 0 Å². The van der Waals surface area contributed by atoms with Crippen LogP contribution in [0, 0.1) is 11.7 Å². The fourth-order valence-electron chi connectivity index (χ4n) is 3.52. The molecule has 0 saturated heterocycles. The first-order chi connectivity index (χ1) is 10.1. The van der Waals surface area contributed by atoms with Gasteiger partial charge in [0.1, 0.15) is 11.6 Å². The molecule has 1 aliphatic rings. The highest BCUT2D eigenvalue weighted by Crippen LogP contribution is 2.36. The summed E-state index contributed by atoms with van der Waals surface area (Å²) in [6.07, 6.45) is 6.45. The molecular weight excluding hydrogens is 355 g/mol. The Morgan fingerprint density at radius 2 is 2.10 bits per heavy atom. The van der Waals surface area contributed by atoms with Gasteiger partial charge in [0, 0.05) is 12.1 Å². The summed E-state index contributed by atoms with van der Waals surface area (Å²) in [5.41, 5.74) is 1.66. The maximum absolute atomic E-state index is 13.7. The highest BCUT2D eigenvalue weighted by atomic mass is 79.9. The van der Waals surface area contributed by atoms with E-state index >= 15 is 0 Å². The van der Waals surface area contributed by atoms with Crippen molar-refractivity contribution >= 4 is 38.6 Å². The Morgan fingerprint density at radius 1 is 1.38 bits per heavy atom. The molecule has 2 aromatic rings. The van der Waals surface area contributed by atoms with Crippen LogP contribution in [0.4, 0.5) is 4.39 Å². The molecule has 0 N–H and O–H groups in total. The Hall–Kier alpha value is -0.610. The van der Waals surface area contributed by atoms with Gasteiger partial charge in [-0.3, -0.25) is 0 Å². The number of hydrogen-bond acceptors (Lipinski definition) is 1. The lowest BCUT2D eigenvalue weighted by molar-refractivity contribution is 0.265. The van der Waals surface area contributed by atoms with Crippen LogP contribution in [-0.2, 0) is 5.88 Å². The molecule has 0 radical (unpaired) electrons. The topological polar surface area (TPSA) is 17.8 Å². The molecular formula is C16H19BrClFN2. The maximum atomic E-state index is 13.7. The van der Waals surface area contributed by atoms with Gasteiger partial charge in [-0.05, 0) is 47.7 Å². The lowest BCUT2D eigenvalue weighted by Crippen LogP contribution is -2.20. The van der Waals surface area contributed by atoms with Gasteiger partial charge in [-0.2, -0.15) is 0 Å². The molecule has 1 fully saturated rings. The van der Waals surface area contributed by atoms with E-state index in [0.29, 0.717) is 27.8 Å². The molecule has 1 aromatic carbocycles. The zero-order valence-corrected chi connectivity index (χ0v) is 14.4. The van der Waals surface area contributed by atoms with Gasteiger partial charge in [0.2, 0.25) is 0 Å². The summed E-state index contributed by atoms with van der Waals surface area (Å²) < 4.78 is 16.4. The van der Waals surface area contributed by atoms with Crippen molar-refractivity contribution in [1.82, 2.24) is 9.55 Å². The number of benzene rings is 1. The first kappa shape index (κ1) is 15.3. The summed E-state index contributed by atoms with van der Waals surface area (Å²) in [6.45, 7) is 2.24. The quantitative estimate of drug-likeness (QED) is 0.620. The van der Waals surface area contributed by atoms with Crippen LogP contribution in [0.5, 0.6) is 0 Å². The van der Waals surface area contributed by atoms with Crippen LogP contribution in [-0.4, -0.2) is 9.55 Å². The summed E-state index contributed by atoms with van der Waals surface area (Å²) in [5.74, 6) is 1.56. The van der Waals surface area contributed by atoms with Crippen LogP contribution in [0.15, 0.2) is 16.6 Å². The fourth-order valence-corrected chi connectivity index (χ4v) is 4.04. The van der Waals surface area contributed by atoms with E-state index in [1.807, 2.05) is 6.07 Å². The molecule has 1 aromatic heterocycles. The molecule has 1 unspecified atom stereocenters. The van der Waals surface area contributed by atoms with E-state index in [1.54, 1.807) is 0 Å². The Bertz CT molecular complexity index is 649. The van der Waals surface area contributed by atoms with Crippen molar-refractivity contribution < 1.29 is 4.39 Å². The summed E-state index contributed by atoms with van der Waals surface area (Å²) >= 11 is 9.36. The minimum Gasteiger partial charge on any atom is -0.324 e. The van der Waals surface area contributed by atoms with Crippen molar-refractivity contribution in [1.29, 1.82) is 0 Å². The van der Waals surface area contributed by atoms with Gasteiger partial charge < -0.3 is 4.57 Å². The molecule has 1 atom stereocenters. The van der Waals surface area contributed by atoms with Crippen LogP contribution in [0.25, 0.3) is 11.0 Å². The van der Waals surface area contributed by atoms with Gasteiger partial charge in [0.15, 0.2) is 0 Å². The zero-order valence-electron chi connectivity index (χ0n) is 12.1. The second-order valence-corrected chi connectivity index (χ2v) is 7.05. The van der Waals surface area contributed by atoms with Gasteiger partial charge in [-0.1, -0.05) is 19.3 Å². The molecule has 3 rings (SSSR count). The normalized spacial score (nSPS) is 18.3. The second kappa shape index (κ2) is 6.25. The van der Waals surface area contributed by atoms with Gasteiger partial charge >= 0.3 is 0 Å². The van der Waals surface area contributed by atoms with E-state index in [2.05, 4.69) is 32.4 Å². The van der Waals surface area contributed by atoms with Crippen LogP contribution in [0.2, 0.25) is 0 Å². The van der Waals surface area contributed by atoms with Crippen LogP contribution in [0.3, 0.4) is 0 Å². The Balaban J connectivity index is 2.08. The van der Waals surface area contributed by atoms with E-state index in [0.717, 1.165) is 11.3 Å². The van der Waals surface area contributed by atoms with E-state index in [9.17, 15) is 4.39 Å². The molecule has 1 saturated carbocycles. The number of halogens is 3. The number of alkyl halides is 1. The summed E-state index contributed by atoms with van der Waals surface area (Å²) in [4.78, 5) is 4.52. The zero-order chi connectivity index (χ0) is 15.0. The van der Waals surface area contributed by atoms with Gasteiger partial charge in [0.25, 0.3) is 0 Å². The molecule has 114 valence electrons. The number of imidazole rings is 1. The SMILES string of the molecule is CC(C1CCCCC1)n1c(CCl)nc2cc(F)c(Br)cc21. The number of nitrogens with zero attached hydrogens (tertiary/aromatic N) is 2. The monoisotopic (exact) mass is 372 g/mol. The van der Waals surface area contributed by atoms with Crippen molar-refractivity contribution in [3.63, 3.8) is 0 Å². The first-order valence-corrected chi connectivity index (χ1v) is 8.86. The van der Waals surface area contributed by atoms with Crippen molar-refractivity contribution in [2.24, 2.45) is 5.92 Å². The van der Waals surface area contributed by atoms with Gasteiger partial charge in [0.05, 0.1) is 21.4 Å². The highest BCUT2D eigenvalue weighted by molar-refractivity contribution is 9.10. The first-order valence-electron chi connectivity index (χ1n) is 7.53. The molecule has 21 heavy (non-hydrogen) atoms. The van der Waals surface area contributed by atoms with Crippen molar-refractivity contribution in [3.8, 4) is 0 Å². The molecule has 0 aliphatic heterocycles. The lowest BCUT2D eigenvalue weighted by atomic mass is 9.84. The molecule has 5 heteroatoms. The van der Waals surface area contributed by atoms with Crippen LogP contribution in [0.1, 0.15) is 50.9 Å². The van der Waals surface area contributed by atoms with Crippen molar-refractivity contribution in [3.05, 3.63) is 28.2 Å². The largest absolute Gasteiger partial charge is 0.324 e. The van der Waals surface area contributed by atoms with E-state index in [-0.39, 0.29) is 5.82 Å². The van der Waals surface area contributed by atoms with Crippen LogP contribution >= 0.6 is 27.5 Å².